The number of nitrogens with zero attached hydrogens (tertiary/aromatic N) is 5. The maximum Gasteiger partial charge on any atom is 0.214 e. The Morgan fingerprint density at radius 2 is 1.86 bits per heavy atom. The number of benzene rings is 1. The van der Waals surface area contributed by atoms with Gasteiger partial charge >= 0.3 is 0 Å². The Kier molecular flexibility index (Phi) is 2.92. The third kappa shape index (κ3) is 1.96. The van der Waals surface area contributed by atoms with Gasteiger partial charge in [0.15, 0.2) is 5.69 Å². The molecule has 104 valence electrons. The van der Waals surface area contributed by atoms with Crippen LogP contribution in [0.25, 0.3) is 26.9 Å². The van der Waals surface area contributed by atoms with Crippen molar-refractivity contribution in [1.29, 1.82) is 5.26 Å². The lowest BCUT2D eigenvalue weighted by atomic mass is 10.2. The highest BCUT2D eigenvalue weighted by Gasteiger charge is 2.18. The van der Waals surface area contributed by atoms with Gasteiger partial charge in [0.2, 0.25) is 4.96 Å². The Hall–Kier alpha value is -3.04. The van der Waals surface area contributed by atoms with Gasteiger partial charge in [0.1, 0.15) is 16.8 Å². The molecule has 0 fully saturated rings. The van der Waals surface area contributed by atoms with Crippen molar-refractivity contribution in [2.75, 3.05) is 0 Å². The molecule has 22 heavy (non-hydrogen) atoms. The van der Waals surface area contributed by atoms with E-state index < -0.39 is 0 Å². The minimum Gasteiger partial charge on any atom is -0.255 e. The predicted molar refractivity (Wildman–Crippen MR) is 84.2 cm³/mol. The maximum absolute atomic E-state index is 9.47. The molecule has 0 unspecified atom stereocenters. The van der Waals surface area contributed by atoms with Crippen molar-refractivity contribution in [2.24, 2.45) is 0 Å². The first-order valence-corrected chi connectivity index (χ1v) is 7.45. The van der Waals surface area contributed by atoms with Crippen LogP contribution in [0.4, 0.5) is 0 Å². The molecule has 5 nitrogen and oxygen atoms in total. The fourth-order valence-corrected chi connectivity index (χ4v) is 3.13. The SMILES string of the molecule is N#Cc1c(-c2ccccn2)nc2sc(-c3ccccc3)nn12. The molecule has 0 atom stereocenters. The highest BCUT2D eigenvalue weighted by Crippen LogP contribution is 2.29. The molecule has 0 saturated carbocycles. The fraction of sp³-hybridized carbons (Fsp3) is 0. The number of rotatable bonds is 2. The second-order valence-corrected chi connectivity index (χ2v) is 5.56. The van der Waals surface area contributed by atoms with Crippen LogP contribution in [-0.4, -0.2) is 19.6 Å². The minimum atomic E-state index is 0.409. The van der Waals surface area contributed by atoms with Gasteiger partial charge in [0.25, 0.3) is 0 Å². The molecule has 0 aliphatic rings. The highest BCUT2D eigenvalue weighted by atomic mass is 32.1. The molecule has 4 aromatic rings. The summed E-state index contributed by atoms with van der Waals surface area (Å²) in [6, 6.07) is 17.6. The molecule has 0 bridgehead atoms. The van der Waals surface area contributed by atoms with Crippen molar-refractivity contribution in [2.45, 2.75) is 0 Å². The Labute approximate surface area is 130 Å². The standard InChI is InChI=1S/C16H9N5S/c17-10-13-14(12-8-4-5-9-18-12)19-16-21(13)20-15(22-16)11-6-2-1-3-7-11/h1-9H. The van der Waals surface area contributed by atoms with Crippen LogP contribution in [-0.2, 0) is 0 Å². The lowest BCUT2D eigenvalue weighted by molar-refractivity contribution is 0.960. The summed E-state index contributed by atoms with van der Waals surface area (Å²) in [4.78, 5) is 9.49. The molecule has 0 N–H and O–H groups in total. The summed E-state index contributed by atoms with van der Waals surface area (Å²) in [5.41, 5.74) is 2.67. The van der Waals surface area contributed by atoms with Crippen molar-refractivity contribution < 1.29 is 0 Å². The van der Waals surface area contributed by atoms with Gasteiger partial charge in [-0.25, -0.2) is 4.98 Å². The third-order valence-electron chi connectivity index (χ3n) is 3.24. The van der Waals surface area contributed by atoms with Gasteiger partial charge in [-0.05, 0) is 12.1 Å². The summed E-state index contributed by atoms with van der Waals surface area (Å²) in [6.07, 6.45) is 1.69. The highest BCUT2D eigenvalue weighted by molar-refractivity contribution is 7.19. The monoisotopic (exact) mass is 303 g/mol. The van der Waals surface area contributed by atoms with Crippen LogP contribution in [0, 0.1) is 11.3 Å². The molecule has 0 spiro atoms. The summed E-state index contributed by atoms with van der Waals surface area (Å²) < 4.78 is 1.59. The van der Waals surface area contributed by atoms with Gasteiger partial charge in [-0.3, -0.25) is 4.98 Å². The van der Waals surface area contributed by atoms with E-state index in [1.807, 2.05) is 48.5 Å². The largest absolute Gasteiger partial charge is 0.255 e. The molecular weight excluding hydrogens is 294 g/mol. The van der Waals surface area contributed by atoms with Crippen molar-refractivity contribution in [3.8, 4) is 28.0 Å². The first kappa shape index (κ1) is 12.7. The van der Waals surface area contributed by atoms with Crippen molar-refractivity contribution in [1.82, 2.24) is 19.6 Å². The summed E-state index contributed by atoms with van der Waals surface area (Å²) in [5, 5.41) is 14.8. The molecule has 0 aliphatic heterocycles. The van der Waals surface area contributed by atoms with E-state index >= 15 is 0 Å². The van der Waals surface area contributed by atoms with Crippen LogP contribution in [0.1, 0.15) is 5.69 Å². The second kappa shape index (κ2) is 5.06. The average molecular weight is 303 g/mol. The molecule has 0 radical (unpaired) electrons. The van der Waals surface area contributed by atoms with Gasteiger partial charge in [-0.2, -0.15) is 14.9 Å². The topological polar surface area (TPSA) is 66.9 Å². The summed E-state index contributed by atoms with van der Waals surface area (Å²) in [6.45, 7) is 0. The molecular formula is C16H9N5S. The van der Waals surface area contributed by atoms with E-state index in [0.717, 1.165) is 10.6 Å². The number of imidazole rings is 1. The minimum absolute atomic E-state index is 0.409. The Balaban J connectivity index is 1.90. The first-order chi connectivity index (χ1) is 10.9. The second-order valence-electron chi connectivity index (χ2n) is 4.60. The zero-order valence-corrected chi connectivity index (χ0v) is 12.2. The van der Waals surface area contributed by atoms with Gasteiger partial charge < -0.3 is 0 Å². The van der Waals surface area contributed by atoms with E-state index in [4.69, 9.17) is 0 Å². The number of fused-ring (bicyclic) bond motifs is 1. The molecule has 6 heteroatoms. The average Bonchev–Trinajstić information content (AvgIpc) is 3.14. The molecule has 0 aliphatic carbocycles. The number of hydrogen-bond acceptors (Lipinski definition) is 5. The van der Waals surface area contributed by atoms with Crippen LogP contribution in [0.5, 0.6) is 0 Å². The summed E-state index contributed by atoms with van der Waals surface area (Å²) in [5.74, 6) is 0. The number of nitriles is 1. The molecule has 0 amide bonds. The Morgan fingerprint density at radius 3 is 2.59 bits per heavy atom. The molecule has 3 aromatic heterocycles. The zero-order chi connectivity index (χ0) is 14.9. The third-order valence-corrected chi connectivity index (χ3v) is 4.20. The Bertz CT molecular complexity index is 980. The van der Waals surface area contributed by atoms with E-state index in [2.05, 4.69) is 21.1 Å². The quantitative estimate of drug-likeness (QED) is 0.569. The number of pyridine rings is 1. The zero-order valence-electron chi connectivity index (χ0n) is 11.3. The first-order valence-electron chi connectivity index (χ1n) is 6.63. The summed E-state index contributed by atoms with van der Waals surface area (Å²) in [7, 11) is 0. The van der Waals surface area contributed by atoms with Crippen molar-refractivity contribution in [3.63, 3.8) is 0 Å². The molecule has 1 aromatic carbocycles. The smallest absolute Gasteiger partial charge is 0.214 e. The molecule has 4 rings (SSSR count). The van der Waals surface area contributed by atoms with Crippen LogP contribution < -0.4 is 0 Å². The van der Waals surface area contributed by atoms with Crippen molar-refractivity contribution >= 4 is 16.3 Å². The Morgan fingerprint density at radius 1 is 1.05 bits per heavy atom. The van der Waals surface area contributed by atoms with E-state index in [0.29, 0.717) is 22.0 Å². The van der Waals surface area contributed by atoms with Crippen LogP contribution in [0.15, 0.2) is 54.7 Å². The van der Waals surface area contributed by atoms with Gasteiger partial charge in [-0.15, -0.1) is 0 Å². The van der Waals surface area contributed by atoms with Gasteiger partial charge in [-0.1, -0.05) is 47.7 Å². The van der Waals surface area contributed by atoms with E-state index in [9.17, 15) is 5.26 Å². The summed E-state index contributed by atoms with van der Waals surface area (Å²) >= 11 is 1.46. The van der Waals surface area contributed by atoms with E-state index in [1.165, 1.54) is 11.3 Å². The molecule has 3 heterocycles. The maximum atomic E-state index is 9.47. The fourth-order valence-electron chi connectivity index (χ4n) is 2.23. The lowest BCUT2D eigenvalue weighted by Crippen LogP contribution is -1.92. The van der Waals surface area contributed by atoms with E-state index in [1.54, 1.807) is 10.7 Å². The van der Waals surface area contributed by atoms with Crippen LogP contribution in [0.2, 0.25) is 0 Å². The number of hydrogen-bond donors (Lipinski definition) is 0. The van der Waals surface area contributed by atoms with Crippen LogP contribution >= 0.6 is 11.3 Å². The molecule has 0 saturated heterocycles. The number of aromatic nitrogens is 4. The predicted octanol–water partition coefficient (Wildman–Crippen LogP) is 3.39. The van der Waals surface area contributed by atoms with E-state index in [-0.39, 0.29) is 0 Å². The van der Waals surface area contributed by atoms with Crippen LogP contribution in [0.3, 0.4) is 0 Å². The van der Waals surface area contributed by atoms with Gasteiger partial charge in [0.05, 0.1) is 5.69 Å². The van der Waals surface area contributed by atoms with Crippen molar-refractivity contribution in [3.05, 3.63) is 60.4 Å². The lowest BCUT2D eigenvalue weighted by Gasteiger charge is -1.96. The van der Waals surface area contributed by atoms with Gasteiger partial charge in [0, 0.05) is 11.8 Å². The normalized spacial score (nSPS) is 10.7.